The summed E-state index contributed by atoms with van der Waals surface area (Å²) in [6.07, 6.45) is 1.03. The second-order valence-corrected chi connectivity index (χ2v) is 7.10. The smallest absolute Gasteiger partial charge is 0.243 e. The molecule has 0 unspecified atom stereocenters. The Hall–Kier alpha value is -0.980. The van der Waals surface area contributed by atoms with E-state index in [-0.39, 0.29) is 28.2 Å². The number of carbonyl (C=O) groups is 1. The van der Waals surface area contributed by atoms with Crippen molar-refractivity contribution in [2.45, 2.75) is 13.8 Å². The molecular formula is C13H18Cl2N2O3S. The van der Waals surface area contributed by atoms with Gasteiger partial charge in [-0.25, -0.2) is 8.42 Å². The summed E-state index contributed by atoms with van der Waals surface area (Å²) in [5.41, 5.74) is 0.201. The van der Waals surface area contributed by atoms with Gasteiger partial charge in [0.05, 0.1) is 22.0 Å². The lowest BCUT2D eigenvalue weighted by molar-refractivity contribution is -0.129. The Balaban J connectivity index is 3.20. The van der Waals surface area contributed by atoms with E-state index in [2.05, 4.69) is 0 Å². The third kappa shape index (κ3) is 4.49. The minimum atomic E-state index is -3.66. The molecule has 118 valence electrons. The maximum atomic E-state index is 12.2. The zero-order valence-corrected chi connectivity index (χ0v) is 14.5. The van der Waals surface area contributed by atoms with E-state index in [4.69, 9.17) is 23.2 Å². The SMILES string of the molecule is CCN(CC)C(=O)CN(c1cccc(Cl)c1Cl)S(C)(=O)=O. The molecule has 21 heavy (non-hydrogen) atoms. The van der Waals surface area contributed by atoms with E-state index >= 15 is 0 Å². The quantitative estimate of drug-likeness (QED) is 0.790. The molecule has 1 rings (SSSR count). The molecule has 0 radical (unpaired) electrons. The lowest BCUT2D eigenvalue weighted by Crippen LogP contribution is -2.42. The summed E-state index contributed by atoms with van der Waals surface area (Å²) in [5, 5.41) is 0.343. The topological polar surface area (TPSA) is 57.7 Å². The van der Waals surface area contributed by atoms with Crippen LogP contribution in [-0.2, 0) is 14.8 Å². The molecule has 0 N–H and O–H groups in total. The molecular weight excluding hydrogens is 335 g/mol. The average Bonchev–Trinajstić information content (AvgIpc) is 2.40. The fourth-order valence-electron chi connectivity index (χ4n) is 1.87. The molecule has 1 amide bonds. The first kappa shape index (κ1) is 18.1. The van der Waals surface area contributed by atoms with Crippen LogP contribution in [0.5, 0.6) is 0 Å². The number of halogens is 2. The molecule has 0 saturated carbocycles. The van der Waals surface area contributed by atoms with Crippen LogP contribution in [0, 0.1) is 0 Å². The van der Waals surface area contributed by atoms with Crippen molar-refractivity contribution < 1.29 is 13.2 Å². The van der Waals surface area contributed by atoms with E-state index in [1.54, 1.807) is 17.0 Å². The summed E-state index contributed by atoms with van der Waals surface area (Å²) in [5.74, 6) is -0.290. The minimum absolute atomic E-state index is 0.108. The Kier molecular flexibility index (Phi) is 6.31. The predicted octanol–water partition coefficient (Wildman–Crippen LogP) is 2.63. The zero-order valence-electron chi connectivity index (χ0n) is 12.1. The number of benzene rings is 1. The van der Waals surface area contributed by atoms with Crippen molar-refractivity contribution in [2.75, 3.05) is 30.2 Å². The molecule has 0 fully saturated rings. The fourth-order valence-corrected chi connectivity index (χ4v) is 3.17. The highest BCUT2D eigenvalue weighted by molar-refractivity contribution is 7.92. The second-order valence-electron chi connectivity index (χ2n) is 4.41. The molecule has 5 nitrogen and oxygen atoms in total. The van der Waals surface area contributed by atoms with Crippen molar-refractivity contribution in [1.82, 2.24) is 4.90 Å². The van der Waals surface area contributed by atoms with Crippen LogP contribution in [0.1, 0.15) is 13.8 Å². The van der Waals surface area contributed by atoms with Gasteiger partial charge >= 0.3 is 0 Å². The molecule has 0 atom stereocenters. The average molecular weight is 353 g/mol. The number of sulfonamides is 1. The molecule has 0 spiro atoms. The van der Waals surface area contributed by atoms with Crippen LogP contribution in [-0.4, -0.2) is 45.1 Å². The van der Waals surface area contributed by atoms with E-state index in [1.807, 2.05) is 13.8 Å². The largest absolute Gasteiger partial charge is 0.342 e. The number of rotatable bonds is 6. The van der Waals surface area contributed by atoms with E-state index in [0.29, 0.717) is 13.1 Å². The highest BCUT2D eigenvalue weighted by Gasteiger charge is 2.25. The number of amides is 1. The van der Waals surface area contributed by atoms with Crippen molar-refractivity contribution in [2.24, 2.45) is 0 Å². The van der Waals surface area contributed by atoms with Gasteiger partial charge in [0, 0.05) is 13.1 Å². The van der Waals surface area contributed by atoms with Crippen molar-refractivity contribution in [1.29, 1.82) is 0 Å². The van der Waals surface area contributed by atoms with Gasteiger partial charge in [0.25, 0.3) is 0 Å². The van der Waals surface area contributed by atoms with Gasteiger partial charge in [-0.3, -0.25) is 9.10 Å². The van der Waals surface area contributed by atoms with Gasteiger partial charge < -0.3 is 4.90 Å². The molecule has 0 aromatic heterocycles. The summed E-state index contributed by atoms with van der Waals surface area (Å²) < 4.78 is 24.9. The maximum Gasteiger partial charge on any atom is 0.243 e. The van der Waals surface area contributed by atoms with Gasteiger partial charge in [-0.05, 0) is 26.0 Å². The first-order valence-corrected chi connectivity index (χ1v) is 9.02. The standard InChI is InChI=1S/C13H18Cl2N2O3S/c1-4-16(5-2)12(18)9-17(21(3,19)20)11-8-6-7-10(14)13(11)15/h6-8H,4-5,9H2,1-3H3. The summed E-state index contributed by atoms with van der Waals surface area (Å²) in [4.78, 5) is 13.7. The molecule has 0 aliphatic heterocycles. The minimum Gasteiger partial charge on any atom is -0.342 e. The van der Waals surface area contributed by atoms with Crippen molar-refractivity contribution >= 4 is 44.8 Å². The van der Waals surface area contributed by atoms with Crippen LogP contribution in [0.4, 0.5) is 5.69 Å². The molecule has 8 heteroatoms. The van der Waals surface area contributed by atoms with Crippen LogP contribution >= 0.6 is 23.2 Å². The Bertz CT molecular complexity index is 616. The van der Waals surface area contributed by atoms with Crippen LogP contribution in [0.15, 0.2) is 18.2 Å². The third-order valence-electron chi connectivity index (χ3n) is 3.00. The number of carbonyl (C=O) groups excluding carboxylic acids is 1. The normalized spacial score (nSPS) is 11.3. The summed E-state index contributed by atoms with van der Waals surface area (Å²) in [6, 6.07) is 4.66. The van der Waals surface area contributed by atoms with Crippen molar-refractivity contribution in [3.05, 3.63) is 28.2 Å². The molecule has 0 heterocycles. The molecule has 0 aliphatic rings. The van der Waals surface area contributed by atoms with Crippen LogP contribution in [0.25, 0.3) is 0 Å². The first-order valence-electron chi connectivity index (χ1n) is 6.41. The first-order chi connectivity index (χ1) is 9.72. The Morgan fingerprint density at radius 1 is 1.19 bits per heavy atom. The van der Waals surface area contributed by atoms with Gasteiger partial charge in [-0.15, -0.1) is 0 Å². The lowest BCUT2D eigenvalue weighted by atomic mass is 10.3. The Morgan fingerprint density at radius 3 is 2.24 bits per heavy atom. The van der Waals surface area contributed by atoms with Gasteiger partial charge in [0.15, 0.2) is 0 Å². The second kappa shape index (κ2) is 7.33. The summed E-state index contributed by atoms with van der Waals surface area (Å²) in [7, 11) is -3.66. The molecule has 1 aromatic carbocycles. The van der Waals surface area contributed by atoms with Crippen LogP contribution in [0.2, 0.25) is 10.0 Å². The van der Waals surface area contributed by atoms with Crippen LogP contribution < -0.4 is 4.31 Å². The number of anilines is 1. The van der Waals surface area contributed by atoms with E-state index in [0.717, 1.165) is 10.6 Å². The summed E-state index contributed by atoms with van der Waals surface area (Å²) >= 11 is 12.0. The van der Waals surface area contributed by atoms with E-state index in [1.165, 1.54) is 6.07 Å². The third-order valence-corrected chi connectivity index (χ3v) is 4.93. The molecule has 1 aromatic rings. The lowest BCUT2D eigenvalue weighted by Gasteiger charge is -2.26. The van der Waals surface area contributed by atoms with Crippen molar-refractivity contribution in [3.8, 4) is 0 Å². The van der Waals surface area contributed by atoms with Gasteiger partial charge in [0.2, 0.25) is 15.9 Å². The molecule has 0 bridgehead atoms. The van der Waals surface area contributed by atoms with E-state index in [9.17, 15) is 13.2 Å². The van der Waals surface area contributed by atoms with Gasteiger partial charge in [0.1, 0.15) is 6.54 Å². The number of hydrogen-bond acceptors (Lipinski definition) is 3. The number of hydrogen-bond donors (Lipinski definition) is 0. The van der Waals surface area contributed by atoms with Crippen LogP contribution in [0.3, 0.4) is 0 Å². The fraction of sp³-hybridized carbons (Fsp3) is 0.462. The zero-order chi connectivity index (χ0) is 16.2. The number of likely N-dealkylation sites (N-methyl/N-ethyl adjacent to an activating group) is 1. The van der Waals surface area contributed by atoms with Crippen molar-refractivity contribution in [3.63, 3.8) is 0 Å². The van der Waals surface area contributed by atoms with Gasteiger partial charge in [-0.1, -0.05) is 29.3 Å². The highest BCUT2D eigenvalue weighted by Crippen LogP contribution is 2.33. The maximum absolute atomic E-state index is 12.2. The monoisotopic (exact) mass is 352 g/mol. The van der Waals surface area contributed by atoms with Gasteiger partial charge in [-0.2, -0.15) is 0 Å². The summed E-state index contributed by atoms with van der Waals surface area (Å²) in [6.45, 7) is 4.38. The molecule has 0 aliphatic carbocycles. The molecule has 0 saturated heterocycles. The Morgan fingerprint density at radius 2 is 1.76 bits per heavy atom. The highest BCUT2D eigenvalue weighted by atomic mass is 35.5. The van der Waals surface area contributed by atoms with E-state index < -0.39 is 10.0 Å². The number of nitrogens with zero attached hydrogens (tertiary/aromatic N) is 2. The predicted molar refractivity (Wildman–Crippen MR) is 86.6 cm³/mol. The Labute approximate surface area is 135 Å².